The highest BCUT2D eigenvalue weighted by molar-refractivity contribution is 7.07. The molecule has 0 spiro atoms. The van der Waals surface area contributed by atoms with Crippen LogP contribution >= 0.6 is 11.3 Å². The molecular weight excluding hydrogens is 454 g/mol. The third kappa shape index (κ3) is 4.47. The molecule has 8 nitrogen and oxygen atoms in total. The van der Waals surface area contributed by atoms with E-state index in [9.17, 15) is 19.7 Å². The molecule has 0 amide bonds. The number of hydrogen-bond acceptors (Lipinski definition) is 7. The van der Waals surface area contributed by atoms with Crippen molar-refractivity contribution in [2.45, 2.75) is 39.8 Å². The van der Waals surface area contributed by atoms with Gasteiger partial charge < -0.3 is 4.74 Å². The van der Waals surface area contributed by atoms with Crippen LogP contribution in [0.3, 0.4) is 0 Å². The lowest BCUT2D eigenvalue weighted by molar-refractivity contribution is -0.384. The van der Waals surface area contributed by atoms with Gasteiger partial charge in [0.25, 0.3) is 11.2 Å². The number of nitro benzene ring substituents is 1. The Balaban J connectivity index is 1.93. The number of nitrogens with zero attached hydrogens (tertiary/aromatic N) is 3. The standard InChI is InChI=1S/C25H23N3O5S/c1-14(2)33-24(30)21-16(4)26-25-27(22(21)18-10-8-15(3)9-11-18)23(29)20(34-25)13-17-6-5-7-19(12-17)28(31)32/h5-14,22H,1-4H3/b20-13+. The highest BCUT2D eigenvalue weighted by Crippen LogP contribution is 2.31. The average molecular weight is 478 g/mol. The molecule has 1 aliphatic rings. The number of non-ortho nitro benzene ring substituents is 1. The fourth-order valence-electron chi connectivity index (χ4n) is 3.80. The number of hydrogen-bond donors (Lipinski definition) is 0. The van der Waals surface area contributed by atoms with Crippen molar-refractivity contribution in [2.75, 3.05) is 0 Å². The molecule has 1 aromatic heterocycles. The van der Waals surface area contributed by atoms with Crippen molar-refractivity contribution in [2.24, 2.45) is 4.99 Å². The molecule has 0 aliphatic carbocycles. The van der Waals surface area contributed by atoms with Gasteiger partial charge >= 0.3 is 5.97 Å². The number of rotatable bonds is 5. The summed E-state index contributed by atoms with van der Waals surface area (Å²) in [6.07, 6.45) is 1.28. The Bertz CT molecular complexity index is 1500. The molecule has 174 valence electrons. The lowest BCUT2D eigenvalue weighted by atomic mass is 9.95. The Kier molecular flexibility index (Phi) is 6.30. The van der Waals surface area contributed by atoms with Crippen molar-refractivity contribution in [1.29, 1.82) is 0 Å². The van der Waals surface area contributed by atoms with E-state index in [1.165, 1.54) is 28.0 Å². The van der Waals surface area contributed by atoms with E-state index in [0.717, 1.165) is 11.1 Å². The second-order valence-corrected chi connectivity index (χ2v) is 9.31. The van der Waals surface area contributed by atoms with Crippen LogP contribution < -0.4 is 14.9 Å². The molecule has 9 heteroatoms. The van der Waals surface area contributed by atoms with Gasteiger partial charge in [-0.05, 0) is 44.9 Å². The normalized spacial score (nSPS) is 15.8. The first-order valence-electron chi connectivity index (χ1n) is 10.7. The van der Waals surface area contributed by atoms with Crippen molar-refractivity contribution in [3.8, 4) is 0 Å². The lowest BCUT2D eigenvalue weighted by Gasteiger charge is -2.25. The largest absolute Gasteiger partial charge is 0.459 e. The average Bonchev–Trinajstić information content (AvgIpc) is 3.07. The summed E-state index contributed by atoms with van der Waals surface area (Å²) in [5, 5.41) is 11.1. The summed E-state index contributed by atoms with van der Waals surface area (Å²) >= 11 is 1.18. The SMILES string of the molecule is CC1=C(C(=O)OC(C)C)C(c2ccc(C)cc2)n2c(s/c(=C/c3cccc([N+](=O)[O-])c3)c2=O)=N1. The van der Waals surface area contributed by atoms with Crippen LogP contribution in [0.5, 0.6) is 0 Å². The Morgan fingerprint density at radius 1 is 1.21 bits per heavy atom. The Morgan fingerprint density at radius 2 is 1.91 bits per heavy atom. The zero-order chi connectivity index (χ0) is 24.6. The number of benzene rings is 2. The van der Waals surface area contributed by atoms with Crippen LogP contribution in [0.2, 0.25) is 0 Å². The molecule has 2 heterocycles. The molecule has 34 heavy (non-hydrogen) atoms. The van der Waals surface area contributed by atoms with Gasteiger partial charge in [0.15, 0.2) is 4.80 Å². The van der Waals surface area contributed by atoms with E-state index in [2.05, 4.69) is 4.99 Å². The number of allylic oxidation sites excluding steroid dienone is 1. The van der Waals surface area contributed by atoms with Gasteiger partial charge in [-0.2, -0.15) is 0 Å². The molecule has 0 N–H and O–H groups in total. The van der Waals surface area contributed by atoms with E-state index in [1.54, 1.807) is 39.0 Å². The first kappa shape index (κ1) is 23.3. The third-order valence-corrected chi connectivity index (χ3v) is 6.34. The quantitative estimate of drug-likeness (QED) is 0.318. The van der Waals surface area contributed by atoms with Gasteiger partial charge in [0.2, 0.25) is 0 Å². The van der Waals surface area contributed by atoms with Gasteiger partial charge in [-0.15, -0.1) is 0 Å². The maximum atomic E-state index is 13.6. The third-order valence-electron chi connectivity index (χ3n) is 5.36. The van der Waals surface area contributed by atoms with Crippen LogP contribution in [-0.4, -0.2) is 21.6 Å². The molecule has 0 saturated heterocycles. The van der Waals surface area contributed by atoms with E-state index < -0.39 is 16.9 Å². The summed E-state index contributed by atoms with van der Waals surface area (Å²) < 4.78 is 7.35. The van der Waals surface area contributed by atoms with Crippen molar-refractivity contribution in [3.63, 3.8) is 0 Å². The van der Waals surface area contributed by atoms with Gasteiger partial charge in [0.1, 0.15) is 0 Å². The van der Waals surface area contributed by atoms with E-state index in [-0.39, 0.29) is 17.4 Å². The summed E-state index contributed by atoms with van der Waals surface area (Å²) in [5.41, 5.74) is 2.75. The van der Waals surface area contributed by atoms with Crippen LogP contribution in [0.25, 0.3) is 6.08 Å². The second kappa shape index (κ2) is 9.18. The molecule has 0 fully saturated rings. The highest BCUT2D eigenvalue weighted by Gasteiger charge is 2.33. The van der Waals surface area contributed by atoms with Crippen molar-refractivity contribution in [1.82, 2.24) is 4.57 Å². The number of esters is 1. The molecule has 0 saturated carbocycles. The summed E-state index contributed by atoms with van der Waals surface area (Å²) in [6.45, 7) is 7.23. The number of aryl methyl sites for hydroxylation is 1. The number of thiazole rings is 1. The highest BCUT2D eigenvalue weighted by atomic mass is 32.1. The molecule has 2 aromatic carbocycles. The van der Waals surface area contributed by atoms with Crippen molar-refractivity contribution in [3.05, 3.63) is 106 Å². The van der Waals surface area contributed by atoms with Crippen molar-refractivity contribution >= 4 is 29.1 Å². The Morgan fingerprint density at radius 3 is 2.56 bits per heavy atom. The minimum absolute atomic E-state index is 0.0615. The first-order valence-corrected chi connectivity index (χ1v) is 11.5. The minimum Gasteiger partial charge on any atom is -0.459 e. The second-order valence-electron chi connectivity index (χ2n) is 8.30. The molecule has 4 rings (SSSR count). The van der Waals surface area contributed by atoms with Crippen LogP contribution in [0.15, 0.2) is 69.6 Å². The predicted molar refractivity (Wildman–Crippen MR) is 129 cm³/mol. The number of ether oxygens (including phenoxy) is 1. The lowest BCUT2D eigenvalue weighted by Crippen LogP contribution is -2.40. The van der Waals surface area contributed by atoms with Gasteiger partial charge in [-0.25, -0.2) is 9.79 Å². The number of nitro groups is 1. The van der Waals surface area contributed by atoms with Crippen molar-refractivity contribution < 1.29 is 14.5 Å². The zero-order valence-corrected chi connectivity index (χ0v) is 20.0. The van der Waals surface area contributed by atoms with E-state index in [1.807, 2.05) is 31.2 Å². The van der Waals surface area contributed by atoms with E-state index >= 15 is 0 Å². The number of fused-ring (bicyclic) bond motifs is 1. The molecule has 0 bridgehead atoms. The number of carbonyl (C=O) groups excluding carboxylic acids is 1. The molecule has 1 unspecified atom stereocenters. The summed E-state index contributed by atoms with van der Waals surface area (Å²) in [6, 6.07) is 13.0. The Hall–Kier alpha value is -3.85. The van der Waals surface area contributed by atoms with Crippen LogP contribution in [0.4, 0.5) is 5.69 Å². The summed E-state index contributed by atoms with van der Waals surface area (Å²) in [5.74, 6) is -0.519. The maximum Gasteiger partial charge on any atom is 0.338 e. The number of carbonyl (C=O) groups is 1. The fourth-order valence-corrected chi connectivity index (χ4v) is 4.85. The fraction of sp³-hybridized carbons (Fsp3) is 0.240. The van der Waals surface area contributed by atoms with Crippen LogP contribution in [0.1, 0.15) is 43.5 Å². The molecule has 3 aromatic rings. The van der Waals surface area contributed by atoms with Gasteiger partial charge in [-0.3, -0.25) is 19.5 Å². The molecule has 1 atom stereocenters. The maximum absolute atomic E-state index is 13.6. The minimum atomic E-state index is -0.699. The Labute approximate surface area is 199 Å². The predicted octanol–water partition coefficient (Wildman–Crippen LogP) is 3.40. The molecule has 1 aliphatic heterocycles. The smallest absolute Gasteiger partial charge is 0.338 e. The van der Waals surface area contributed by atoms with Gasteiger partial charge in [-0.1, -0.05) is 53.3 Å². The van der Waals surface area contributed by atoms with E-state index in [4.69, 9.17) is 4.74 Å². The van der Waals surface area contributed by atoms with E-state index in [0.29, 0.717) is 26.2 Å². The zero-order valence-electron chi connectivity index (χ0n) is 19.1. The monoisotopic (exact) mass is 477 g/mol. The number of aromatic nitrogens is 1. The summed E-state index contributed by atoms with van der Waals surface area (Å²) in [7, 11) is 0. The molecule has 0 radical (unpaired) electrons. The molecular formula is C25H23N3O5S. The topological polar surface area (TPSA) is 104 Å². The van der Waals surface area contributed by atoms with Crippen LogP contribution in [0, 0.1) is 17.0 Å². The first-order chi connectivity index (χ1) is 16.2. The van der Waals surface area contributed by atoms with Crippen LogP contribution in [-0.2, 0) is 9.53 Å². The summed E-state index contributed by atoms with van der Waals surface area (Å²) in [4.78, 5) is 42.3. The van der Waals surface area contributed by atoms with Gasteiger partial charge in [0, 0.05) is 12.1 Å². The van der Waals surface area contributed by atoms with Gasteiger partial charge in [0.05, 0.1) is 32.9 Å².